The lowest BCUT2D eigenvalue weighted by atomic mass is 9.53. The molecule has 4 nitrogen and oxygen atoms in total. The minimum absolute atomic E-state index is 0.419. The number of fused-ring (bicyclic) bond motifs is 5. The van der Waals surface area contributed by atoms with Crippen LogP contribution in [0.2, 0.25) is 0 Å². The average Bonchev–Trinajstić information content (AvgIpc) is 3.63. The third kappa shape index (κ3) is 7.76. The monoisotopic (exact) mass is 730 g/mol. The summed E-state index contributed by atoms with van der Waals surface area (Å²) in [4.78, 5) is 0. The van der Waals surface area contributed by atoms with Gasteiger partial charge in [0.25, 0.3) is 0 Å². The summed E-state index contributed by atoms with van der Waals surface area (Å²) >= 11 is 0. The molecule has 0 amide bonds. The topological polar surface area (TPSA) is 45.3 Å². The molecule has 0 radical (unpaired) electrons. The Balaban J connectivity index is 0.857. The number of nitrogens with one attached hydrogen (secondary N) is 3. The van der Waals surface area contributed by atoms with E-state index < -0.39 is 0 Å². The summed E-state index contributed by atoms with van der Waals surface area (Å²) in [6.45, 7) is 0. The van der Waals surface area contributed by atoms with Gasteiger partial charge in [0.2, 0.25) is 0 Å². The van der Waals surface area contributed by atoms with Crippen LogP contribution < -0.4 is 16.0 Å². The maximum atomic E-state index is 7.63. The zero-order valence-corrected chi connectivity index (χ0v) is 34.2. The van der Waals surface area contributed by atoms with Crippen LogP contribution in [0.1, 0.15) is 199 Å². The third-order valence-electron chi connectivity index (χ3n) is 19.6. The molecule has 2 aliphatic heterocycles. The molecule has 3 N–H and O–H groups in total. The molecule has 300 valence electrons. The van der Waals surface area contributed by atoms with E-state index in [1.54, 1.807) is 6.42 Å². The van der Waals surface area contributed by atoms with E-state index in [0.29, 0.717) is 36.6 Å². The van der Waals surface area contributed by atoms with Gasteiger partial charge in [-0.15, -0.1) is 0 Å². The minimum atomic E-state index is 0.419. The standard InChI is InChI=1S/C49H83N3O/c1-4-13-32(14-5-1)34-23-27-37(28-24-34)47-50-48(38-29-25-35(26-30-38)33-15-6-2-7-16-33)52-49(51-47)42-22-12-21-41-45-40-20-11-10-19-39(40)43(31-44(45)53-46(41)42)36-17-8-3-9-18-36/h32-52H,1-31H2. The number of rotatable bonds is 6. The Bertz CT molecular complexity index is 1100. The van der Waals surface area contributed by atoms with Crippen molar-refractivity contribution in [3.05, 3.63) is 0 Å². The Morgan fingerprint density at radius 1 is 0.283 bits per heavy atom. The van der Waals surface area contributed by atoms with Crippen molar-refractivity contribution in [1.82, 2.24) is 16.0 Å². The second kappa shape index (κ2) is 17.0. The first kappa shape index (κ1) is 37.1. The van der Waals surface area contributed by atoms with E-state index >= 15 is 0 Å². The maximum absolute atomic E-state index is 7.63. The van der Waals surface area contributed by atoms with Crippen LogP contribution >= 0.6 is 0 Å². The first-order valence-electron chi connectivity index (χ1n) is 25.2. The summed E-state index contributed by atoms with van der Waals surface area (Å²) in [5.41, 5.74) is 0. The smallest absolute Gasteiger partial charge is 0.0666 e. The molecule has 2 saturated heterocycles. The van der Waals surface area contributed by atoms with Gasteiger partial charge in [0, 0.05) is 5.92 Å². The highest BCUT2D eigenvalue weighted by Crippen LogP contribution is 2.60. The molecule has 0 aromatic rings. The second-order valence-electron chi connectivity index (χ2n) is 22.0. The van der Waals surface area contributed by atoms with Crippen molar-refractivity contribution in [2.45, 2.75) is 230 Å². The van der Waals surface area contributed by atoms with E-state index in [1.165, 1.54) is 193 Å². The molecule has 2 heterocycles. The van der Waals surface area contributed by atoms with Gasteiger partial charge in [-0.05, 0) is 154 Å². The van der Waals surface area contributed by atoms with Crippen molar-refractivity contribution >= 4 is 0 Å². The zero-order valence-electron chi connectivity index (χ0n) is 34.2. The van der Waals surface area contributed by atoms with Crippen LogP contribution in [0.25, 0.3) is 0 Å². The van der Waals surface area contributed by atoms with Crippen LogP contribution in [0.5, 0.6) is 0 Å². The van der Waals surface area contributed by atoms with Crippen molar-refractivity contribution in [3.63, 3.8) is 0 Å². The van der Waals surface area contributed by atoms with Crippen LogP contribution in [0.3, 0.4) is 0 Å². The molecule has 0 aromatic carbocycles. The molecule has 0 bridgehead atoms. The van der Waals surface area contributed by atoms with Crippen molar-refractivity contribution in [2.75, 3.05) is 0 Å². The van der Waals surface area contributed by atoms with Crippen LogP contribution in [-0.4, -0.2) is 30.7 Å². The lowest BCUT2D eigenvalue weighted by molar-refractivity contribution is -0.0822. The molecular formula is C49H83N3O. The van der Waals surface area contributed by atoms with Gasteiger partial charge >= 0.3 is 0 Å². The molecule has 0 aromatic heterocycles. The predicted octanol–water partition coefficient (Wildman–Crippen LogP) is 11.7. The summed E-state index contributed by atoms with van der Waals surface area (Å²) in [5, 5.41) is 13.2. The molecule has 53 heavy (non-hydrogen) atoms. The van der Waals surface area contributed by atoms with Gasteiger partial charge in [-0.2, -0.15) is 0 Å². The second-order valence-corrected chi connectivity index (χ2v) is 22.0. The molecule has 10 unspecified atom stereocenters. The Morgan fingerprint density at radius 3 is 1.26 bits per heavy atom. The summed E-state index contributed by atoms with van der Waals surface area (Å²) in [6.07, 6.45) is 48.6. The van der Waals surface area contributed by atoms with Gasteiger partial charge in [0.05, 0.1) is 30.7 Å². The van der Waals surface area contributed by atoms with Crippen molar-refractivity contribution in [3.8, 4) is 0 Å². The van der Waals surface area contributed by atoms with Gasteiger partial charge in [-0.3, -0.25) is 16.0 Å². The van der Waals surface area contributed by atoms with Gasteiger partial charge < -0.3 is 4.74 Å². The van der Waals surface area contributed by atoms with Crippen LogP contribution in [-0.2, 0) is 4.74 Å². The Labute approximate surface area is 326 Å². The van der Waals surface area contributed by atoms with Crippen LogP contribution in [0.15, 0.2) is 0 Å². The summed E-state index contributed by atoms with van der Waals surface area (Å²) in [6, 6.07) is 0. The predicted molar refractivity (Wildman–Crippen MR) is 218 cm³/mol. The number of hydrogen-bond acceptors (Lipinski definition) is 4. The van der Waals surface area contributed by atoms with E-state index in [4.69, 9.17) is 4.74 Å². The number of hydrogen-bond donors (Lipinski definition) is 3. The fourth-order valence-electron chi connectivity index (χ4n) is 17.0. The average molecular weight is 730 g/mol. The highest BCUT2D eigenvalue weighted by molar-refractivity contribution is 5.08. The van der Waals surface area contributed by atoms with Crippen LogP contribution in [0.4, 0.5) is 0 Å². The summed E-state index contributed by atoms with van der Waals surface area (Å²) in [5.74, 6) is 12.0. The van der Waals surface area contributed by atoms with E-state index in [1.807, 2.05) is 0 Å². The van der Waals surface area contributed by atoms with Crippen LogP contribution in [0, 0.1) is 76.9 Å². The Morgan fingerprint density at radius 2 is 0.698 bits per heavy atom. The fourth-order valence-corrected chi connectivity index (χ4v) is 17.0. The molecule has 10 rings (SSSR count). The molecule has 8 saturated carbocycles. The zero-order chi connectivity index (χ0) is 35.1. The number of ether oxygens (including phenoxy) is 1. The van der Waals surface area contributed by atoms with E-state index in [2.05, 4.69) is 16.0 Å². The van der Waals surface area contributed by atoms with Gasteiger partial charge in [-0.1, -0.05) is 116 Å². The van der Waals surface area contributed by atoms with Gasteiger partial charge in [0.1, 0.15) is 0 Å². The molecule has 4 heteroatoms. The van der Waals surface area contributed by atoms with Gasteiger partial charge in [0.15, 0.2) is 0 Å². The minimum Gasteiger partial charge on any atom is -0.374 e. The molecule has 8 aliphatic carbocycles. The maximum Gasteiger partial charge on any atom is 0.0666 e. The SMILES string of the molecule is C1CCC(C2CCC(C3NC(C4CCC(C5CCCCC5)CC4)NC(C4CCCC5C4OC4CC(C6CCCCC6)C6CCCCC6C45)N3)CC2)CC1. The molecule has 0 spiro atoms. The lowest BCUT2D eigenvalue weighted by Crippen LogP contribution is -2.73. The molecule has 10 fully saturated rings. The summed E-state index contributed by atoms with van der Waals surface area (Å²) in [7, 11) is 0. The highest BCUT2D eigenvalue weighted by atomic mass is 16.5. The van der Waals surface area contributed by atoms with E-state index in [0.717, 1.165) is 71.0 Å². The lowest BCUT2D eigenvalue weighted by Gasteiger charge is -2.52. The first-order chi connectivity index (χ1) is 26.3. The summed E-state index contributed by atoms with van der Waals surface area (Å²) < 4.78 is 7.63. The Kier molecular flexibility index (Phi) is 11.9. The van der Waals surface area contributed by atoms with Crippen molar-refractivity contribution < 1.29 is 4.74 Å². The largest absolute Gasteiger partial charge is 0.374 e. The molecule has 10 atom stereocenters. The molecule has 10 aliphatic rings. The van der Waals surface area contributed by atoms with E-state index in [9.17, 15) is 0 Å². The highest BCUT2D eigenvalue weighted by Gasteiger charge is 2.59. The molecular weight excluding hydrogens is 647 g/mol. The fraction of sp³-hybridized carbons (Fsp3) is 1.00. The van der Waals surface area contributed by atoms with Crippen molar-refractivity contribution in [2.24, 2.45) is 76.9 Å². The third-order valence-corrected chi connectivity index (χ3v) is 19.6. The normalized spacial score (nSPS) is 49.5. The van der Waals surface area contributed by atoms with E-state index in [-0.39, 0.29) is 0 Å². The quantitative estimate of drug-likeness (QED) is 0.255. The van der Waals surface area contributed by atoms with Crippen molar-refractivity contribution in [1.29, 1.82) is 0 Å². The first-order valence-corrected chi connectivity index (χ1v) is 25.2. The van der Waals surface area contributed by atoms with Gasteiger partial charge in [-0.25, -0.2) is 0 Å². The Hall–Kier alpha value is -0.160.